The van der Waals surface area contributed by atoms with E-state index in [0.717, 1.165) is 11.8 Å². The molecule has 0 aliphatic carbocycles. The second-order valence-corrected chi connectivity index (χ2v) is 3.60. The van der Waals surface area contributed by atoms with Crippen LogP contribution in [0.1, 0.15) is 0 Å². The van der Waals surface area contributed by atoms with Gasteiger partial charge in [0.05, 0.1) is 12.3 Å². The van der Waals surface area contributed by atoms with Gasteiger partial charge in [-0.2, -0.15) is 0 Å². The molecule has 0 aromatic heterocycles. The molecule has 0 spiro atoms. The van der Waals surface area contributed by atoms with Crippen molar-refractivity contribution in [3.8, 4) is 0 Å². The van der Waals surface area contributed by atoms with Crippen molar-refractivity contribution in [1.82, 2.24) is 5.32 Å². The van der Waals surface area contributed by atoms with Crippen LogP contribution in [0.15, 0.2) is 0 Å². The van der Waals surface area contributed by atoms with Crippen molar-refractivity contribution in [2.45, 2.75) is 6.04 Å². The second-order valence-electron chi connectivity index (χ2n) is 2.57. The molecule has 0 heterocycles. The van der Waals surface area contributed by atoms with Crippen LogP contribution in [0, 0.1) is 0 Å². The fraction of sp³-hybridized carbons (Fsp3) is 0.571. The molecule has 0 unspecified atom stereocenters. The van der Waals surface area contributed by atoms with E-state index in [1.807, 2.05) is 0 Å². The number of hydrogen-bond donors (Lipinski definition) is 4. The summed E-state index contributed by atoms with van der Waals surface area (Å²) >= 11 is 0.914. The molecule has 0 fully saturated rings. The van der Waals surface area contributed by atoms with Gasteiger partial charge in [-0.05, 0) is 0 Å². The van der Waals surface area contributed by atoms with Gasteiger partial charge >= 0.3 is 17.9 Å². The standard InChI is InChI=1S/C7H11NO6S.ClH/c9-5(10)1-8-4(7(13)14)2-15-3-6(11)12;/h4,8H,1-3H2,(H,9,10)(H,11,12)(H,13,14);1H/t4-;/m0./s1. The number of hydrogen-bond acceptors (Lipinski definition) is 5. The van der Waals surface area contributed by atoms with Gasteiger partial charge < -0.3 is 15.3 Å². The minimum absolute atomic E-state index is 0. The molecule has 0 aliphatic rings. The zero-order valence-corrected chi connectivity index (χ0v) is 9.71. The highest BCUT2D eigenvalue weighted by Gasteiger charge is 2.18. The Hall–Kier alpha value is -0.990. The van der Waals surface area contributed by atoms with E-state index in [9.17, 15) is 14.4 Å². The molecule has 9 heteroatoms. The molecule has 0 saturated heterocycles. The van der Waals surface area contributed by atoms with Gasteiger partial charge in [-0.1, -0.05) is 0 Å². The smallest absolute Gasteiger partial charge is 0.321 e. The number of halogens is 1. The Morgan fingerprint density at radius 1 is 1.12 bits per heavy atom. The normalized spacial score (nSPS) is 11.2. The highest BCUT2D eigenvalue weighted by atomic mass is 35.5. The van der Waals surface area contributed by atoms with E-state index >= 15 is 0 Å². The van der Waals surface area contributed by atoms with Crippen molar-refractivity contribution in [2.75, 3.05) is 18.1 Å². The largest absolute Gasteiger partial charge is 0.481 e. The first-order chi connectivity index (χ1) is 6.93. The predicted molar refractivity (Wildman–Crippen MR) is 59.3 cm³/mol. The number of aliphatic carboxylic acids is 3. The van der Waals surface area contributed by atoms with E-state index in [4.69, 9.17) is 15.3 Å². The average molecular weight is 274 g/mol. The number of rotatable bonds is 8. The lowest BCUT2D eigenvalue weighted by atomic mass is 10.3. The summed E-state index contributed by atoms with van der Waals surface area (Å²) in [6.07, 6.45) is 0. The topological polar surface area (TPSA) is 124 Å². The Morgan fingerprint density at radius 2 is 1.69 bits per heavy atom. The zero-order valence-electron chi connectivity index (χ0n) is 8.08. The van der Waals surface area contributed by atoms with E-state index in [1.54, 1.807) is 0 Å². The molecule has 1 atom stereocenters. The minimum Gasteiger partial charge on any atom is -0.481 e. The van der Waals surface area contributed by atoms with E-state index in [2.05, 4.69) is 5.32 Å². The number of carboxylic acids is 3. The fourth-order valence-electron chi connectivity index (χ4n) is 0.692. The van der Waals surface area contributed by atoms with Crippen LogP contribution in [0.25, 0.3) is 0 Å². The van der Waals surface area contributed by atoms with E-state index < -0.39 is 30.5 Å². The number of carboxylic acid groups (broad SMARTS) is 3. The summed E-state index contributed by atoms with van der Waals surface area (Å²) in [5.41, 5.74) is 0. The van der Waals surface area contributed by atoms with E-state index in [0.29, 0.717) is 0 Å². The van der Waals surface area contributed by atoms with Crippen LogP contribution < -0.4 is 5.32 Å². The summed E-state index contributed by atoms with van der Waals surface area (Å²) in [5, 5.41) is 27.5. The third-order valence-corrected chi connectivity index (χ3v) is 2.33. The Labute approximate surface area is 102 Å². The molecule has 0 bridgehead atoms. The lowest BCUT2D eigenvalue weighted by Crippen LogP contribution is -2.41. The van der Waals surface area contributed by atoms with Crippen molar-refractivity contribution < 1.29 is 29.7 Å². The first kappa shape index (κ1) is 17.4. The van der Waals surface area contributed by atoms with Gasteiger partial charge in [0, 0.05) is 5.75 Å². The zero-order chi connectivity index (χ0) is 11.8. The van der Waals surface area contributed by atoms with Gasteiger partial charge in [-0.3, -0.25) is 19.7 Å². The summed E-state index contributed by atoms with van der Waals surface area (Å²) in [5.74, 6) is -3.60. The number of nitrogens with one attached hydrogen (secondary N) is 1. The molecule has 94 valence electrons. The third kappa shape index (κ3) is 9.56. The SMILES string of the molecule is Cl.O=C(O)CN[C@@H](CSCC(=O)O)C(=O)O. The molecular formula is C7H12ClNO6S. The van der Waals surface area contributed by atoms with Crippen molar-refractivity contribution in [3.05, 3.63) is 0 Å². The van der Waals surface area contributed by atoms with Crippen LogP contribution in [0.4, 0.5) is 0 Å². The molecule has 16 heavy (non-hydrogen) atoms. The maximum absolute atomic E-state index is 10.6. The molecular weight excluding hydrogens is 262 g/mol. The van der Waals surface area contributed by atoms with Gasteiger partial charge in [0.25, 0.3) is 0 Å². The molecule has 4 N–H and O–H groups in total. The highest BCUT2D eigenvalue weighted by molar-refractivity contribution is 8.00. The first-order valence-electron chi connectivity index (χ1n) is 3.91. The number of thioether (sulfide) groups is 1. The van der Waals surface area contributed by atoms with Gasteiger partial charge in [-0.15, -0.1) is 24.2 Å². The van der Waals surface area contributed by atoms with Crippen LogP contribution in [-0.4, -0.2) is 57.3 Å². The van der Waals surface area contributed by atoms with Crippen molar-refractivity contribution >= 4 is 42.1 Å². The van der Waals surface area contributed by atoms with Crippen LogP contribution in [0.5, 0.6) is 0 Å². The van der Waals surface area contributed by atoms with Gasteiger partial charge in [0.15, 0.2) is 0 Å². The van der Waals surface area contributed by atoms with E-state index in [1.165, 1.54) is 0 Å². The quantitative estimate of drug-likeness (QED) is 0.460. The summed E-state index contributed by atoms with van der Waals surface area (Å²) in [4.78, 5) is 30.9. The maximum Gasteiger partial charge on any atom is 0.321 e. The van der Waals surface area contributed by atoms with Crippen molar-refractivity contribution in [2.24, 2.45) is 0 Å². The summed E-state index contributed by atoms with van der Waals surface area (Å²) < 4.78 is 0. The number of carbonyl (C=O) groups is 3. The van der Waals surface area contributed by atoms with Gasteiger partial charge in [-0.25, -0.2) is 0 Å². The fourth-order valence-corrected chi connectivity index (χ4v) is 1.48. The molecule has 0 aromatic rings. The molecule has 0 aliphatic heterocycles. The first-order valence-corrected chi connectivity index (χ1v) is 5.06. The molecule has 0 aromatic carbocycles. The molecule has 0 rings (SSSR count). The molecule has 0 amide bonds. The van der Waals surface area contributed by atoms with Crippen molar-refractivity contribution in [1.29, 1.82) is 0 Å². The molecule has 0 saturated carbocycles. The summed E-state index contributed by atoms with van der Waals surface area (Å²) in [7, 11) is 0. The lowest BCUT2D eigenvalue weighted by molar-refractivity contribution is -0.140. The Balaban J connectivity index is 0. The van der Waals surface area contributed by atoms with Crippen LogP contribution >= 0.6 is 24.2 Å². The van der Waals surface area contributed by atoms with Gasteiger partial charge in [0.2, 0.25) is 0 Å². The Morgan fingerprint density at radius 3 is 2.06 bits per heavy atom. The second kappa shape index (κ2) is 9.25. The summed E-state index contributed by atoms with van der Waals surface area (Å²) in [6.45, 7) is -0.468. The third-order valence-electron chi connectivity index (χ3n) is 1.31. The lowest BCUT2D eigenvalue weighted by Gasteiger charge is -2.11. The van der Waals surface area contributed by atoms with Crippen LogP contribution in [0.2, 0.25) is 0 Å². The maximum atomic E-state index is 10.6. The van der Waals surface area contributed by atoms with Crippen molar-refractivity contribution in [3.63, 3.8) is 0 Å². The summed E-state index contributed by atoms with van der Waals surface area (Å²) in [6, 6.07) is -1.05. The molecule has 7 nitrogen and oxygen atoms in total. The Kier molecular flexibility index (Phi) is 10.1. The van der Waals surface area contributed by atoms with Crippen LogP contribution in [0.3, 0.4) is 0 Å². The van der Waals surface area contributed by atoms with Crippen LogP contribution in [-0.2, 0) is 14.4 Å². The monoisotopic (exact) mass is 273 g/mol. The highest BCUT2D eigenvalue weighted by Crippen LogP contribution is 2.02. The van der Waals surface area contributed by atoms with Gasteiger partial charge in [0.1, 0.15) is 6.04 Å². The average Bonchev–Trinajstić information content (AvgIpc) is 2.09. The molecule has 0 radical (unpaired) electrons. The minimum atomic E-state index is -1.20. The Bertz CT molecular complexity index is 261. The van der Waals surface area contributed by atoms with E-state index in [-0.39, 0.29) is 23.9 Å². The predicted octanol–water partition coefficient (Wildman–Crippen LogP) is -0.647.